The third-order valence-corrected chi connectivity index (χ3v) is 4.93. The predicted molar refractivity (Wildman–Crippen MR) is 85.8 cm³/mol. The summed E-state index contributed by atoms with van der Waals surface area (Å²) >= 11 is 2.88. The first-order valence-corrected chi connectivity index (χ1v) is 8.26. The average molecular weight is 315 g/mol. The van der Waals surface area contributed by atoms with Crippen LogP contribution in [0.5, 0.6) is 0 Å². The Morgan fingerprint density at radius 2 is 2.00 bits per heavy atom. The van der Waals surface area contributed by atoms with Crippen LogP contribution in [0.1, 0.15) is 9.67 Å². The standard InChI is InChI=1S/C15H13N3OS2/c1-18-14(11-6-3-2-4-7-11)16-17-15(18)21-10-12(19)13-8-5-9-20-13/h2-9H,10H2,1H3. The zero-order valence-electron chi connectivity index (χ0n) is 11.4. The SMILES string of the molecule is Cn1c(SCC(=O)c2cccs2)nnc1-c1ccccc1. The van der Waals surface area contributed by atoms with Crippen molar-refractivity contribution >= 4 is 28.9 Å². The molecule has 21 heavy (non-hydrogen) atoms. The molecule has 0 saturated heterocycles. The fraction of sp³-hybridized carbons (Fsp3) is 0.133. The fourth-order valence-electron chi connectivity index (χ4n) is 1.92. The van der Waals surface area contributed by atoms with Crippen LogP contribution in [0.2, 0.25) is 0 Å². The smallest absolute Gasteiger partial charge is 0.191 e. The van der Waals surface area contributed by atoms with E-state index in [0.717, 1.165) is 21.4 Å². The summed E-state index contributed by atoms with van der Waals surface area (Å²) in [6.45, 7) is 0. The maximum atomic E-state index is 12.0. The number of rotatable bonds is 5. The van der Waals surface area contributed by atoms with E-state index in [4.69, 9.17) is 0 Å². The van der Waals surface area contributed by atoms with Gasteiger partial charge in [0.15, 0.2) is 16.8 Å². The van der Waals surface area contributed by atoms with E-state index >= 15 is 0 Å². The summed E-state index contributed by atoms with van der Waals surface area (Å²) in [6, 6.07) is 13.6. The summed E-state index contributed by atoms with van der Waals surface area (Å²) in [5.41, 5.74) is 1.02. The molecule has 0 aliphatic rings. The van der Waals surface area contributed by atoms with E-state index < -0.39 is 0 Å². The largest absolute Gasteiger partial charge is 0.305 e. The van der Waals surface area contributed by atoms with Crippen LogP contribution in [0.3, 0.4) is 0 Å². The van der Waals surface area contributed by atoms with Crippen molar-refractivity contribution in [1.82, 2.24) is 14.8 Å². The number of Topliss-reactive ketones (excluding diaryl/α,β-unsaturated/α-hetero) is 1. The van der Waals surface area contributed by atoms with Gasteiger partial charge in [0.25, 0.3) is 0 Å². The molecule has 0 aliphatic carbocycles. The van der Waals surface area contributed by atoms with Gasteiger partial charge in [0.1, 0.15) is 0 Å². The summed E-state index contributed by atoms with van der Waals surface area (Å²) in [4.78, 5) is 12.8. The number of carbonyl (C=O) groups excluding carboxylic acids is 1. The van der Waals surface area contributed by atoms with E-state index in [0.29, 0.717) is 5.75 Å². The number of hydrogen-bond acceptors (Lipinski definition) is 5. The minimum atomic E-state index is 0.124. The van der Waals surface area contributed by atoms with Gasteiger partial charge in [-0.2, -0.15) is 0 Å². The second-order valence-electron chi connectivity index (χ2n) is 4.42. The molecule has 3 rings (SSSR count). The van der Waals surface area contributed by atoms with Gasteiger partial charge in [-0.15, -0.1) is 21.5 Å². The van der Waals surface area contributed by atoms with Crippen LogP contribution in [-0.4, -0.2) is 26.3 Å². The van der Waals surface area contributed by atoms with E-state index in [9.17, 15) is 4.79 Å². The van der Waals surface area contributed by atoms with Crippen molar-refractivity contribution in [3.05, 3.63) is 52.7 Å². The van der Waals surface area contributed by atoms with E-state index in [1.165, 1.54) is 23.1 Å². The van der Waals surface area contributed by atoms with Crippen molar-refractivity contribution < 1.29 is 4.79 Å². The molecule has 0 bridgehead atoms. The fourth-order valence-corrected chi connectivity index (χ4v) is 3.47. The Kier molecular flexibility index (Phi) is 4.17. The van der Waals surface area contributed by atoms with Crippen LogP contribution in [-0.2, 0) is 7.05 Å². The van der Waals surface area contributed by atoms with E-state index in [-0.39, 0.29) is 5.78 Å². The molecule has 106 valence electrons. The Morgan fingerprint density at radius 3 is 2.71 bits per heavy atom. The van der Waals surface area contributed by atoms with Gasteiger partial charge in [-0.1, -0.05) is 48.2 Å². The maximum absolute atomic E-state index is 12.0. The molecule has 0 aliphatic heterocycles. The summed E-state index contributed by atoms with van der Waals surface area (Å²) in [5, 5.41) is 11.0. The van der Waals surface area contributed by atoms with Gasteiger partial charge in [-0.05, 0) is 11.4 Å². The van der Waals surface area contributed by atoms with Crippen LogP contribution in [0.15, 0.2) is 53.0 Å². The van der Waals surface area contributed by atoms with Crippen molar-refractivity contribution in [2.45, 2.75) is 5.16 Å². The van der Waals surface area contributed by atoms with Gasteiger partial charge >= 0.3 is 0 Å². The highest BCUT2D eigenvalue weighted by atomic mass is 32.2. The van der Waals surface area contributed by atoms with Crippen molar-refractivity contribution in [3.63, 3.8) is 0 Å². The molecule has 0 saturated carbocycles. The molecule has 0 fully saturated rings. The van der Waals surface area contributed by atoms with Crippen LogP contribution in [0.4, 0.5) is 0 Å². The molecule has 0 radical (unpaired) electrons. The lowest BCUT2D eigenvalue weighted by Gasteiger charge is -2.03. The van der Waals surface area contributed by atoms with Gasteiger partial charge in [-0.25, -0.2) is 0 Å². The predicted octanol–water partition coefficient (Wildman–Crippen LogP) is 3.52. The van der Waals surface area contributed by atoms with Crippen molar-refractivity contribution in [2.75, 3.05) is 5.75 Å². The van der Waals surface area contributed by atoms with Gasteiger partial charge in [0, 0.05) is 12.6 Å². The molecule has 4 nitrogen and oxygen atoms in total. The number of ketones is 1. The first-order valence-electron chi connectivity index (χ1n) is 6.40. The molecular weight excluding hydrogens is 302 g/mol. The Hall–Kier alpha value is -1.92. The highest BCUT2D eigenvalue weighted by Crippen LogP contribution is 2.23. The molecule has 1 aromatic carbocycles. The topological polar surface area (TPSA) is 47.8 Å². The lowest BCUT2D eigenvalue weighted by atomic mass is 10.2. The van der Waals surface area contributed by atoms with Gasteiger partial charge in [-0.3, -0.25) is 4.79 Å². The molecule has 0 N–H and O–H groups in total. The van der Waals surface area contributed by atoms with E-state index in [1.54, 1.807) is 0 Å². The molecule has 2 aromatic heterocycles. The zero-order chi connectivity index (χ0) is 14.7. The number of nitrogens with zero attached hydrogens (tertiary/aromatic N) is 3. The van der Waals surface area contributed by atoms with E-state index in [2.05, 4.69) is 10.2 Å². The highest BCUT2D eigenvalue weighted by molar-refractivity contribution is 7.99. The molecule has 6 heteroatoms. The Morgan fingerprint density at radius 1 is 1.19 bits per heavy atom. The number of benzene rings is 1. The van der Waals surface area contributed by atoms with E-state index in [1.807, 2.05) is 59.5 Å². The summed E-state index contributed by atoms with van der Waals surface area (Å²) in [5.74, 6) is 1.31. The van der Waals surface area contributed by atoms with Crippen LogP contribution >= 0.6 is 23.1 Å². The zero-order valence-corrected chi connectivity index (χ0v) is 13.0. The number of thioether (sulfide) groups is 1. The lowest BCUT2D eigenvalue weighted by molar-refractivity contribution is 0.102. The van der Waals surface area contributed by atoms with Gasteiger partial charge < -0.3 is 4.57 Å². The average Bonchev–Trinajstić information content (AvgIpc) is 3.16. The number of thiophene rings is 1. The molecule has 0 atom stereocenters. The van der Waals surface area contributed by atoms with Crippen LogP contribution in [0.25, 0.3) is 11.4 Å². The molecule has 2 heterocycles. The second-order valence-corrected chi connectivity index (χ2v) is 6.31. The molecule has 0 amide bonds. The van der Waals surface area contributed by atoms with Crippen LogP contribution < -0.4 is 0 Å². The Bertz CT molecular complexity index is 736. The monoisotopic (exact) mass is 315 g/mol. The van der Waals surface area contributed by atoms with Gasteiger partial charge in [0.05, 0.1) is 10.6 Å². The normalized spacial score (nSPS) is 10.7. The lowest BCUT2D eigenvalue weighted by Crippen LogP contribution is -2.01. The van der Waals surface area contributed by atoms with Gasteiger partial charge in [0.2, 0.25) is 0 Å². The molecule has 0 unspecified atom stereocenters. The quantitative estimate of drug-likeness (QED) is 0.534. The summed E-state index contributed by atoms with van der Waals surface area (Å²) < 4.78 is 1.92. The minimum absolute atomic E-state index is 0.124. The molecule has 0 spiro atoms. The Balaban J connectivity index is 1.73. The third-order valence-electron chi connectivity index (χ3n) is 3.00. The van der Waals surface area contributed by atoms with Crippen molar-refractivity contribution in [2.24, 2.45) is 7.05 Å². The number of carbonyl (C=O) groups is 1. The van der Waals surface area contributed by atoms with Crippen molar-refractivity contribution in [3.8, 4) is 11.4 Å². The minimum Gasteiger partial charge on any atom is -0.305 e. The summed E-state index contributed by atoms with van der Waals surface area (Å²) in [7, 11) is 1.92. The first-order chi connectivity index (χ1) is 10.3. The first kappa shape index (κ1) is 14.0. The maximum Gasteiger partial charge on any atom is 0.191 e. The molecular formula is C15H13N3OS2. The Labute approximate surface area is 130 Å². The second kappa shape index (κ2) is 6.24. The van der Waals surface area contributed by atoms with Crippen LogP contribution in [0, 0.1) is 0 Å². The number of aromatic nitrogens is 3. The third kappa shape index (κ3) is 3.06. The summed E-state index contributed by atoms with van der Waals surface area (Å²) in [6.07, 6.45) is 0. The molecule has 3 aromatic rings. The van der Waals surface area contributed by atoms with Crippen molar-refractivity contribution in [1.29, 1.82) is 0 Å². The highest BCUT2D eigenvalue weighted by Gasteiger charge is 2.13. The number of hydrogen-bond donors (Lipinski definition) is 0.